The molecule has 1 fully saturated rings. The van der Waals surface area contributed by atoms with E-state index in [-0.39, 0.29) is 5.91 Å². The van der Waals surface area contributed by atoms with E-state index in [0.29, 0.717) is 12.5 Å². The van der Waals surface area contributed by atoms with Crippen LogP contribution in [0.4, 0.5) is 0 Å². The van der Waals surface area contributed by atoms with E-state index < -0.39 is 0 Å². The smallest absolute Gasteiger partial charge is 0.261 e. The number of hydrogen-bond acceptors (Lipinski definition) is 5. The Morgan fingerprint density at radius 3 is 2.90 bits per heavy atom. The number of amides is 1. The average Bonchev–Trinajstić information content (AvgIpc) is 3.04. The van der Waals surface area contributed by atoms with Crippen LogP contribution in [0.3, 0.4) is 0 Å². The molecule has 1 aliphatic heterocycles. The molecule has 112 valence electrons. The van der Waals surface area contributed by atoms with Gasteiger partial charge in [-0.1, -0.05) is 0 Å². The van der Waals surface area contributed by atoms with Gasteiger partial charge in [-0.2, -0.15) is 0 Å². The van der Waals surface area contributed by atoms with Crippen LogP contribution in [0.25, 0.3) is 10.2 Å². The van der Waals surface area contributed by atoms with Crippen molar-refractivity contribution in [3.63, 3.8) is 0 Å². The van der Waals surface area contributed by atoms with E-state index in [1.54, 1.807) is 0 Å². The lowest BCUT2D eigenvalue weighted by molar-refractivity contribution is 0.0948. The fourth-order valence-electron chi connectivity index (χ4n) is 2.75. The second kappa shape index (κ2) is 5.69. The van der Waals surface area contributed by atoms with E-state index in [4.69, 9.17) is 4.74 Å². The summed E-state index contributed by atoms with van der Waals surface area (Å²) in [5.74, 6) is 1.17. The van der Waals surface area contributed by atoms with Crippen molar-refractivity contribution in [2.75, 3.05) is 19.8 Å². The summed E-state index contributed by atoms with van der Waals surface area (Å²) >= 11 is 1.45. The third kappa shape index (κ3) is 2.78. The van der Waals surface area contributed by atoms with Crippen LogP contribution in [0.15, 0.2) is 0 Å². The lowest BCUT2D eigenvalue weighted by Crippen LogP contribution is -2.29. The molecule has 1 atom stereocenters. The molecule has 0 unspecified atom stereocenters. The van der Waals surface area contributed by atoms with Crippen molar-refractivity contribution < 1.29 is 9.53 Å². The predicted molar refractivity (Wildman–Crippen MR) is 82.9 cm³/mol. The number of thiophene rings is 1. The molecule has 21 heavy (non-hydrogen) atoms. The zero-order chi connectivity index (χ0) is 15.0. The summed E-state index contributed by atoms with van der Waals surface area (Å²) in [6.07, 6.45) is 1.02. The highest BCUT2D eigenvalue weighted by Gasteiger charge is 2.21. The van der Waals surface area contributed by atoms with Gasteiger partial charge in [-0.15, -0.1) is 11.3 Å². The van der Waals surface area contributed by atoms with E-state index in [0.717, 1.165) is 51.8 Å². The largest absolute Gasteiger partial charge is 0.381 e. The topological polar surface area (TPSA) is 64.1 Å². The molecular weight excluding hydrogens is 286 g/mol. The first kappa shape index (κ1) is 14.4. The Morgan fingerprint density at radius 2 is 2.19 bits per heavy atom. The first-order chi connectivity index (χ1) is 10.1. The van der Waals surface area contributed by atoms with Crippen molar-refractivity contribution in [1.82, 2.24) is 15.3 Å². The number of aryl methyl sites for hydroxylation is 3. The van der Waals surface area contributed by atoms with Crippen molar-refractivity contribution in [2.24, 2.45) is 5.92 Å². The fourth-order valence-corrected chi connectivity index (χ4v) is 3.95. The van der Waals surface area contributed by atoms with Crippen molar-refractivity contribution in [3.8, 4) is 0 Å². The van der Waals surface area contributed by atoms with Crippen LogP contribution in [0, 0.1) is 26.7 Å². The van der Waals surface area contributed by atoms with Crippen LogP contribution in [-0.2, 0) is 4.74 Å². The Bertz CT molecular complexity index is 690. The molecule has 5 nitrogen and oxygen atoms in total. The molecule has 0 spiro atoms. The second-order valence-corrected chi connectivity index (χ2v) is 6.53. The minimum Gasteiger partial charge on any atom is -0.381 e. The standard InChI is InChI=1S/C15H19N3O2S/c1-8-12-9(2)17-10(3)18-15(12)21-13(8)14(19)16-6-11-4-5-20-7-11/h11H,4-7H2,1-3H3,(H,16,19)/t11-/m1/s1. The van der Waals surface area contributed by atoms with Gasteiger partial charge in [0.1, 0.15) is 10.7 Å². The van der Waals surface area contributed by atoms with Crippen molar-refractivity contribution in [1.29, 1.82) is 0 Å². The molecule has 2 aromatic rings. The maximum atomic E-state index is 12.4. The van der Waals surface area contributed by atoms with Crippen molar-refractivity contribution in [3.05, 3.63) is 22.0 Å². The number of rotatable bonds is 3. The summed E-state index contributed by atoms with van der Waals surface area (Å²) in [7, 11) is 0. The maximum Gasteiger partial charge on any atom is 0.261 e. The van der Waals surface area contributed by atoms with Gasteiger partial charge < -0.3 is 10.1 Å². The third-order valence-electron chi connectivity index (χ3n) is 3.86. The number of carbonyl (C=O) groups excluding carboxylic acids is 1. The molecule has 3 rings (SSSR count). The molecule has 1 saturated heterocycles. The molecule has 1 N–H and O–H groups in total. The van der Waals surface area contributed by atoms with Gasteiger partial charge in [0, 0.05) is 30.1 Å². The van der Waals surface area contributed by atoms with Gasteiger partial charge in [-0.3, -0.25) is 4.79 Å². The van der Waals surface area contributed by atoms with Crippen molar-refractivity contribution in [2.45, 2.75) is 27.2 Å². The van der Waals surface area contributed by atoms with Gasteiger partial charge >= 0.3 is 0 Å². The fraction of sp³-hybridized carbons (Fsp3) is 0.533. The van der Waals surface area contributed by atoms with Crippen molar-refractivity contribution >= 4 is 27.5 Å². The van der Waals surface area contributed by atoms with Gasteiger partial charge in [-0.25, -0.2) is 9.97 Å². The molecule has 0 aliphatic carbocycles. The van der Waals surface area contributed by atoms with Gasteiger partial charge in [0.2, 0.25) is 0 Å². The molecule has 0 aromatic carbocycles. The number of fused-ring (bicyclic) bond motifs is 1. The van der Waals surface area contributed by atoms with Crippen LogP contribution < -0.4 is 5.32 Å². The summed E-state index contributed by atoms with van der Waals surface area (Å²) in [6.45, 7) is 8.04. The molecule has 0 saturated carbocycles. The van der Waals surface area contributed by atoms with Crippen LogP contribution >= 0.6 is 11.3 Å². The lowest BCUT2D eigenvalue weighted by Gasteiger charge is -2.08. The highest BCUT2D eigenvalue weighted by Crippen LogP contribution is 2.31. The minimum atomic E-state index is -0.0144. The summed E-state index contributed by atoms with van der Waals surface area (Å²) in [6, 6.07) is 0. The molecule has 3 heterocycles. The first-order valence-corrected chi connectivity index (χ1v) is 7.98. The molecule has 0 radical (unpaired) electrons. The SMILES string of the molecule is Cc1nc(C)c2c(C)c(C(=O)NC[C@H]3CCOC3)sc2n1. The predicted octanol–water partition coefficient (Wildman–Crippen LogP) is 2.38. The van der Waals surface area contributed by atoms with Gasteiger partial charge in [0.05, 0.1) is 11.5 Å². The normalized spacial score (nSPS) is 18.3. The number of hydrogen-bond donors (Lipinski definition) is 1. The number of ether oxygens (including phenoxy) is 1. The Hall–Kier alpha value is -1.53. The third-order valence-corrected chi connectivity index (χ3v) is 5.05. The summed E-state index contributed by atoms with van der Waals surface area (Å²) in [4.78, 5) is 22.9. The lowest BCUT2D eigenvalue weighted by atomic mass is 10.1. The second-order valence-electron chi connectivity index (χ2n) is 5.53. The first-order valence-electron chi connectivity index (χ1n) is 7.16. The van der Waals surface area contributed by atoms with Gasteiger partial charge in [-0.05, 0) is 32.8 Å². The Kier molecular flexibility index (Phi) is 3.91. The van der Waals surface area contributed by atoms with E-state index in [1.165, 1.54) is 11.3 Å². The van der Waals surface area contributed by atoms with Crippen LogP contribution in [0.5, 0.6) is 0 Å². The quantitative estimate of drug-likeness (QED) is 0.945. The monoisotopic (exact) mass is 305 g/mol. The van der Waals surface area contributed by atoms with Crippen LogP contribution in [-0.4, -0.2) is 35.6 Å². The summed E-state index contributed by atoms with van der Waals surface area (Å²) in [5.41, 5.74) is 1.92. The van der Waals surface area contributed by atoms with Gasteiger partial charge in [0.15, 0.2) is 0 Å². The molecule has 1 amide bonds. The molecule has 1 aliphatic rings. The van der Waals surface area contributed by atoms with E-state index >= 15 is 0 Å². The highest BCUT2D eigenvalue weighted by atomic mass is 32.1. The summed E-state index contributed by atoms with van der Waals surface area (Å²) in [5, 5.41) is 4.03. The number of nitrogens with zero attached hydrogens (tertiary/aromatic N) is 2. The maximum absolute atomic E-state index is 12.4. The van der Waals surface area contributed by atoms with Gasteiger partial charge in [0.25, 0.3) is 5.91 Å². The van der Waals surface area contributed by atoms with Crippen LogP contribution in [0.2, 0.25) is 0 Å². The minimum absolute atomic E-state index is 0.0144. The molecule has 0 bridgehead atoms. The van der Waals surface area contributed by atoms with E-state index in [1.807, 2.05) is 20.8 Å². The highest BCUT2D eigenvalue weighted by molar-refractivity contribution is 7.20. The Labute approximate surface area is 127 Å². The molecule has 2 aromatic heterocycles. The molecule has 6 heteroatoms. The van der Waals surface area contributed by atoms with E-state index in [2.05, 4.69) is 15.3 Å². The van der Waals surface area contributed by atoms with E-state index in [9.17, 15) is 4.79 Å². The summed E-state index contributed by atoms with van der Waals surface area (Å²) < 4.78 is 5.33. The molecular formula is C15H19N3O2S. The Balaban J connectivity index is 1.84. The van der Waals surface area contributed by atoms with Crippen LogP contribution in [0.1, 0.15) is 33.2 Å². The zero-order valence-corrected chi connectivity index (χ0v) is 13.3. The zero-order valence-electron chi connectivity index (χ0n) is 12.5. The number of carbonyl (C=O) groups is 1. The number of aromatic nitrogens is 2. The average molecular weight is 305 g/mol. The Morgan fingerprint density at radius 1 is 1.38 bits per heavy atom. The number of nitrogens with one attached hydrogen (secondary N) is 1.